The maximum absolute atomic E-state index is 2.32. The van der Waals surface area contributed by atoms with Crippen LogP contribution in [0.2, 0.25) is 10.6 Å². The monoisotopic (exact) mass is 213 g/mol. The second kappa shape index (κ2) is 3.42. The zero-order valence-electron chi connectivity index (χ0n) is 6.62. The third-order valence-electron chi connectivity index (χ3n) is 2.11. The van der Waals surface area contributed by atoms with Crippen molar-refractivity contribution in [2.75, 3.05) is 0 Å². The van der Waals surface area contributed by atoms with Gasteiger partial charge in [0.05, 0.1) is 0 Å². The van der Waals surface area contributed by atoms with Crippen molar-refractivity contribution in [1.29, 1.82) is 0 Å². The molecule has 0 aliphatic carbocycles. The van der Waals surface area contributed by atoms with E-state index in [0.29, 0.717) is 0 Å². The van der Waals surface area contributed by atoms with Gasteiger partial charge in [0.15, 0.2) is 0 Å². The van der Waals surface area contributed by atoms with E-state index >= 15 is 0 Å². The van der Waals surface area contributed by atoms with Gasteiger partial charge in [-0.3, -0.25) is 0 Å². The third kappa shape index (κ3) is 1.66. The molecule has 1 aromatic rings. The molecule has 0 nitrogen and oxygen atoms in total. The van der Waals surface area contributed by atoms with Crippen LogP contribution in [0.5, 0.6) is 0 Å². The van der Waals surface area contributed by atoms with Crippen LogP contribution in [-0.4, -0.2) is 13.9 Å². The van der Waals surface area contributed by atoms with Crippen molar-refractivity contribution in [1.82, 2.24) is 0 Å². The van der Waals surface area contributed by atoms with Crippen LogP contribution in [0.1, 0.15) is 12.8 Å². The Morgan fingerprint density at radius 1 is 0.909 bits per heavy atom. The van der Waals surface area contributed by atoms with E-state index < -0.39 is 0 Å². The van der Waals surface area contributed by atoms with E-state index in [4.69, 9.17) is 0 Å². The van der Waals surface area contributed by atoms with Gasteiger partial charge in [0.1, 0.15) is 0 Å². The van der Waals surface area contributed by atoms with Crippen molar-refractivity contribution in [3.63, 3.8) is 0 Å². The Kier molecular flexibility index (Phi) is 2.30. The summed E-state index contributed by atoms with van der Waals surface area (Å²) in [5.41, 5.74) is 0. The number of rotatable bonds is 1. The molecule has 0 saturated carbocycles. The SMILES string of the molecule is c1ccc([Se+]2CCCC2)cc1. The molecule has 1 aliphatic rings. The van der Waals surface area contributed by atoms with Gasteiger partial charge in [0.25, 0.3) is 0 Å². The van der Waals surface area contributed by atoms with E-state index in [-0.39, 0.29) is 13.9 Å². The minimum absolute atomic E-state index is 0.308. The Morgan fingerprint density at radius 3 is 2.18 bits per heavy atom. The summed E-state index contributed by atoms with van der Waals surface area (Å²) in [5, 5.41) is 3.06. The molecule has 1 fully saturated rings. The molecule has 0 unspecified atom stereocenters. The molecule has 1 heterocycles. The topological polar surface area (TPSA) is 0 Å². The third-order valence-corrected chi connectivity index (χ3v) is 7.36. The Bertz CT molecular complexity index is 212. The standard InChI is InChI=1S/C10H13Se/c1-2-6-10(7-3-1)11-8-4-5-9-11/h1-3,6-7H,4-5,8-9H2/q+1. The van der Waals surface area contributed by atoms with Crippen molar-refractivity contribution in [3.05, 3.63) is 30.3 Å². The molecule has 0 amide bonds. The van der Waals surface area contributed by atoms with Crippen LogP contribution in [0.3, 0.4) is 0 Å². The first-order valence-corrected chi connectivity index (χ1v) is 7.47. The van der Waals surface area contributed by atoms with Gasteiger partial charge in [0.2, 0.25) is 0 Å². The van der Waals surface area contributed by atoms with Crippen LogP contribution in [0, 0.1) is 0 Å². The Balaban J connectivity index is 2.16. The molecule has 1 aliphatic heterocycles. The van der Waals surface area contributed by atoms with Gasteiger partial charge in [-0.2, -0.15) is 0 Å². The second-order valence-electron chi connectivity index (χ2n) is 2.92. The Hall–Kier alpha value is -0.261. The fraction of sp³-hybridized carbons (Fsp3) is 0.400. The molecule has 0 bridgehead atoms. The first-order chi connectivity index (χ1) is 5.47. The average molecular weight is 212 g/mol. The van der Waals surface area contributed by atoms with Gasteiger partial charge in [-0.15, -0.1) is 0 Å². The molecule has 1 heteroatoms. The van der Waals surface area contributed by atoms with E-state index in [1.54, 1.807) is 4.46 Å². The zero-order valence-corrected chi connectivity index (χ0v) is 8.34. The molecule has 0 spiro atoms. The van der Waals surface area contributed by atoms with Crippen LogP contribution < -0.4 is 4.46 Å². The normalized spacial score (nSPS) is 18.9. The molecule has 0 N–H and O–H groups in total. The molecule has 1 aromatic carbocycles. The average Bonchev–Trinajstić information content (AvgIpc) is 2.58. The molecule has 2 rings (SSSR count). The van der Waals surface area contributed by atoms with E-state index in [2.05, 4.69) is 30.3 Å². The van der Waals surface area contributed by atoms with Crippen LogP contribution in [0.15, 0.2) is 30.3 Å². The molecular formula is C10H13Se+. The summed E-state index contributed by atoms with van der Waals surface area (Å²) in [7, 11) is 0. The maximum atomic E-state index is 2.32. The molecule has 1 saturated heterocycles. The summed E-state index contributed by atoms with van der Waals surface area (Å²) in [6.07, 6.45) is 2.97. The summed E-state index contributed by atoms with van der Waals surface area (Å²) in [6.45, 7) is 0. The number of benzene rings is 1. The van der Waals surface area contributed by atoms with Gasteiger partial charge in [-0.1, -0.05) is 0 Å². The van der Waals surface area contributed by atoms with Crippen molar-refractivity contribution in [3.8, 4) is 0 Å². The Morgan fingerprint density at radius 2 is 1.55 bits per heavy atom. The first kappa shape index (κ1) is 7.39. The molecular weight excluding hydrogens is 199 g/mol. The van der Waals surface area contributed by atoms with Gasteiger partial charge >= 0.3 is 72.2 Å². The Labute approximate surface area is 72.5 Å². The second-order valence-corrected chi connectivity index (χ2v) is 7.69. The van der Waals surface area contributed by atoms with E-state index in [0.717, 1.165) is 0 Å². The van der Waals surface area contributed by atoms with Gasteiger partial charge in [-0.05, 0) is 0 Å². The summed E-state index contributed by atoms with van der Waals surface area (Å²) in [4.78, 5) is 0. The van der Waals surface area contributed by atoms with Crippen LogP contribution in [0.4, 0.5) is 0 Å². The van der Waals surface area contributed by atoms with Crippen LogP contribution >= 0.6 is 0 Å². The summed E-state index contributed by atoms with van der Waals surface area (Å²) < 4.78 is 1.67. The van der Waals surface area contributed by atoms with Crippen LogP contribution in [0.25, 0.3) is 0 Å². The van der Waals surface area contributed by atoms with Gasteiger partial charge < -0.3 is 0 Å². The predicted octanol–water partition coefficient (Wildman–Crippen LogP) is 2.18. The fourth-order valence-corrected chi connectivity index (χ4v) is 6.38. The summed E-state index contributed by atoms with van der Waals surface area (Å²) >= 11 is -0.308. The van der Waals surface area contributed by atoms with Gasteiger partial charge in [-0.25, -0.2) is 0 Å². The van der Waals surface area contributed by atoms with Crippen LogP contribution in [-0.2, 0) is 0 Å². The predicted molar refractivity (Wildman–Crippen MR) is 50.7 cm³/mol. The number of hydrogen-bond donors (Lipinski definition) is 0. The minimum atomic E-state index is -0.308. The molecule has 0 aromatic heterocycles. The van der Waals surface area contributed by atoms with Crippen molar-refractivity contribution in [2.45, 2.75) is 23.5 Å². The molecule has 11 heavy (non-hydrogen) atoms. The molecule has 58 valence electrons. The quantitative estimate of drug-likeness (QED) is 0.626. The molecule has 0 atom stereocenters. The summed E-state index contributed by atoms with van der Waals surface area (Å²) in [6, 6.07) is 11.1. The first-order valence-electron chi connectivity index (χ1n) is 4.19. The van der Waals surface area contributed by atoms with E-state index in [1.807, 2.05) is 0 Å². The fourth-order valence-electron chi connectivity index (χ4n) is 1.50. The van der Waals surface area contributed by atoms with Gasteiger partial charge in [0, 0.05) is 0 Å². The van der Waals surface area contributed by atoms with Crippen molar-refractivity contribution >= 4 is 18.4 Å². The van der Waals surface area contributed by atoms with Crippen molar-refractivity contribution < 1.29 is 0 Å². The number of hydrogen-bond acceptors (Lipinski definition) is 0. The van der Waals surface area contributed by atoms with E-state index in [1.165, 1.54) is 23.5 Å². The molecule has 0 radical (unpaired) electrons. The summed E-state index contributed by atoms with van der Waals surface area (Å²) in [5.74, 6) is 0. The van der Waals surface area contributed by atoms with Crippen molar-refractivity contribution in [2.24, 2.45) is 0 Å². The van der Waals surface area contributed by atoms with E-state index in [9.17, 15) is 0 Å². The zero-order chi connectivity index (χ0) is 7.52.